The summed E-state index contributed by atoms with van der Waals surface area (Å²) in [7, 11) is 0. The lowest BCUT2D eigenvalue weighted by Gasteiger charge is -2.33. The number of H-pyrrole nitrogens is 1. The molecule has 2 N–H and O–H groups in total. The van der Waals surface area contributed by atoms with Crippen LogP contribution in [0.25, 0.3) is 11.4 Å². The molecule has 0 saturated carbocycles. The normalized spacial score (nSPS) is 17.4. The van der Waals surface area contributed by atoms with E-state index in [-0.39, 0.29) is 5.91 Å². The lowest BCUT2D eigenvalue weighted by atomic mass is 9.91. The van der Waals surface area contributed by atoms with E-state index in [0.717, 1.165) is 25.2 Å². The van der Waals surface area contributed by atoms with Gasteiger partial charge < -0.3 is 15.2 Å². The maximum Gasteiger partial charge on any atom is 0.252 e. The van der Waals surface area contributed by atoms with Gasteiger partial charge in [-0.3, -0.25) is 4.79 Å². The van der Waals surface area contributed by atoms with Crippen LogP contribution in [0.3, 0.4) is 0 Å². The number of nitrogens with one attached hydrogen (secondary N) is 2. The fourth-order valence-corrected chi connectivity index (χ4v) is 3.98. The zero-order chi connectivity index (χ0) is 19.2. The number of imidazole rings is 1. The van der Waals surface area contributed by atoms with Gasteiger partial charge in [-0.15, -0.1) is 0 Å². The van der Waals surface area contributed by atoms with Crippen molar-refractivity contribution in [3.8, 4) is 11.4 Å². The van der Waals surface area contributed by atoms with Gasteiger partial charge in [-0.1, -0.05) is 48.5 Å². The summed E-state index contributed by atoms with van der Waals surface area (Å²) >= 11 is 0. The SMILES string of the molecule is O=C(NCCN1CCC[C@@H](c2ccccc2)C1)c1ccccc1-c1ncc[nH]1. The Kier molecular flexibility index (Phi) is 5.83. The number of hydrogen-bond acceptors (Lipinski definition) is 3. The van der Waals surface area contributed by atoms with Gasteiger partial charge in [0.2, 0.25) is 0 Å². The number of carbonyl (C=O) groups excluding carboxylic acids is 1. The molecular weight excluding hydrogens is 348 g/mol. The summed E-state index contributed by atoms with van der Waals surface area (Å²) < 4.78 is 0. The van der Waals surface area contributed by atoms with Crippen molar-refractivity contribution in [2.45, 2.75) is 18.8 Å². The smallest absolute Gasteiger partial charge is 0.252 e. The molecule has 1 aliphatic heterocycles. The highest BCUT2D eigenvalue weighted by atomic mass is 16.1. The Labute approximate surface area is 165 Å². The minimum Gasteiger partial charge on any atom is -0.351 e. The lowest BCUT2D eigenvalue weighted by molar-refractivity contribution is 0.0946. The largest absolute Gasteiger partial charge is 0.351 e. The number of benzene rings is 2. The van der Waals surface area contributed by atoms with Crippen molar-refractivity contribution in [1.82, 2.24) is 20.2 Å². The number of hydrogen-bond donors (Lipinski definition) is 2. The molecule has 1 saturated heterocycles. The third-order valence-electron chi connectivity index (χ3n) is 5.42. The molecule has 0 bridgehead atoms. The van der Waals surface area contributed by atoms with Crippen LogP contribution in [0.1, 0.15) is 34.7 Å². The predicted molar refractivity (Wildman–Crippen MR) is 111 cm³/mol. The molecule has 1 atom stereocenters. The second-order valence-corrected chi connectivity index (χ2v) is 7.29. The second kappa shape index (κ2) is 8.85. The quantitative estimate of drug-likeness (QED) is 0.692. The van der Waals surface area contributed by atoms with Gasteiger partial charge >= 0.3 is 0 Å². The standard InChI is InChI=1S/C23H26N4O/c28-23(21-11-5-4-10-20(21)22-24-12-13-25-22)26-14-16-27-15-6-9-19(17-27)18-7-2-1-3-8-18/h1-5,7-8,10-13,19H,6,9,14-17H2,(H,24,25)(H,26,28)/t19-/m1/s1. The Morgan fingerprint density at radius 2 is 1.96 bits per heavy atom. The molecule has 4 rings (SSSR count). The third kappa shape index (κ3) is 4.31. The van der Waals surface area contributed by atoms with Crippen LogP contribution in [-0.2, 0) is 0 Å². The molecule has 0 aliphatic carbocycles. The van der Waals surface area contributed by atoms with Crippen LogP contribution in [0.5, 0.6) is 0 Å². The molecule has 1 aliphatic rings. The van der Waals surface area contributed by atoms with Crippen LogP contribution in [0.4, 0.5) is 0 Å². The Bertz CT molecular complexity index is 892. The molecule has 5 heteroatoms. The average molecular weight is 374 g/mol. The lowest BCUT2D eigenvalue weighted by Crippen LogP contribution is -2.40. The average Bonchev–Trinajstić information content (AvgIpc) is 3.29. The highest BCUT2D eigenvalue weighted by Crippen LogP contribution is 2.26. The molecule has 2 heterocycles. The topological polar surface area (TPSA) is 61.0 Å². The summed E-state index contributed by atoms with van der Waals surface area (Å²) in [5, 5.41) is 3.08. The maximum absolute atomic E-state index is 12.7. The van der Waals surface area contributed by atoms with E-state index in [1.165, 1.54) is 18.4 Å². The van der Waals surface area contributed by atoms with Gasteiger partial charge in [0.25, 0.3) is 5.91 Å². The van der Waals surface area contributed by atoms with Gasteiger partial charge in [0, 0.05) is 37.6 Å². The van der Waals surface area contributed by atoms with Crippen LogP contribution in [-0.4, -0.2) is 47.0 Å². The molecule has 3 aromatic rings. The Morgan fingerprint density at radius 1 is 1.14 bits per heavy atom. The summed E-state index contributed by atoms with van der Waals surface area (Å²) in [4.78, 5) is 22.5. The Morgan fingerprint density at radius 3 is 2.79 bits per heavy atom. The number of likely N-dealkylation sites (tertiary alicyclic amines) is 1. The zero-order valence-corrected chi connectivity index (χ0v) is 16.0. The number of nitrogens with zero attached hydrogens (tertiary/aromatic N) is 2. The number of rotatable bonds is 6. The van der Waals surface area contributed by atoms with E-state index < -0.39 is 0 Å². The molecule has 0 radical (unpaired) electrons. The molecule has 2 aromatic carbocycles. The maximum atomic E-state index is 12.7. The first-order valence-corrected chi connectivity index (χ1v) is 9.95. The first-order chi connectivity index (χ1) is 13.8. The van der Waals surface area contributed by atoms with Crippen molar-refractivity contribution in [2.24, 2.45) is 0 Å². The first kappa shape index (κ1) is 18.4. The molecule has 0 spiro atoms. The van der Waals surface area contributed by atoms with Gasteiger partial charge in [-0.05, 0) is 36.9 Å². The van der Waals surface area contributed by atoms with Crippen LogP contribution < -0.4 is 5.32 Å². The molecule has 5 nitrogen and oxygen atoms in total. The molecule has 144 valence electrons. The van der Waals surface area contributed by atoms with Crippen molar-refractivity contribution in [3.05, 3.63) is 78.1 Å². The van der Waals surface area contributed by atoms with E-state index in [2.05, 4.69) is 50.5 Å². The highest BCUT2D eigenvalue weighted by molar-refractivity contribution is 6.00. The molecule has 28 heavy (non-hydrogen) atoms. The molecule has 0 unspecified atom stereocenters. The van der Waals surface area contributed by atoms with Gasteiger partial charge in [-0.2, -0.15) is 0 Å². The summed E-state index contributed by atoms with van der Waals surface area (Å²) in [6.07, 6.45) is 5.91. The molecular formula is C23H26N4O. The molecule has 1 fully saturated rings. The predicted octanol–water partition coefficient (Wildman–Crippen LogP) is 3.69. The van der Waals surface area contributed by atoms with E-state index in [9.17, 15) is 4.79 Å². The van der Waals surface area contributed by atoms with Crippen molar-refractivity contribution in [1.29, 1.82) is 0 Å². The zero-order valence-electron chi connectivity index (χ0n) is 16.0. The van der Waals surface area contributed by atoms with E-state index in [1.54, 1.807) is 12.4 Å². The Balaban J connectivity index is 1.33. The van der Waals surface area contributed by atoms with Crippen molar-refractivity contribution < 1.29 is 4.79 Å². The number of carbonyl (C=O) groups is 1. The van der Waals surface area contributed by atoms with Gasteiger partial charge in [0.05, 0.1) is 5.56 Å². The van der Waals surface area contributed by atoms with Crippen LogP contribution in [0.2, 0.25) is 0 Å². The minimum absolute atomic E-state index is 0.0522. The van der Waals surface area contributed by atoms with E-state index >= 15 is 0 Å². The molecule has 1 aromatic heterocycles. The number of aromatic nitrogens is 2. The van der Waals surface area contributed by atoms with Crippen LogP contribution in [0, 0.1) is 0 Å². The number of aromatic amines is 1. The Hall–Kier alpha value is -2.92. The monoisotopic (exact) mass is 374 g/mol. The van der Waals surface area contributed by atoms with E-state index in [4.69, 9.17) is 0 Å². The summed E-state index contributed by atoms with van der Waals surface area (Å²) in [5.74, 6) is 1.25. The summed E-state index contributed by atoms with van der Waals surface area (Å²) in [6.45, 7) is 3.68. The summed E-state index contributed by atoms with van der Waals surface area (Å²) in [5.41, 5.74) is 2.90. The third-order valence-corrected chi connectivity index (χ3v) is 5.42. The fraction of sp³-hybridized carbons (Fsp3) is 0.304. The van der Waals surface area contributed by atoms with Gasteiger partial charge in [-0.25, -0.2) is 4.98 Å². The van der Waals surface area contributed by atoms with Crippen LogP contribution >= 0.6 is 0 Å². The number of piperidine rings is 1. The van der Waals surface area contributed by atoms with Gasteiger partial charge in [0.15, 0.2) is 0 Å². The van der Waals surface area contributed by atoms with Crippen molar-refractivity contribution >= 4 is 5.91 Å². The van der Waals surface area contributed by atoms with Crippen LogP contribution in [0.15, 0.2) is 67.0 Å². The van der Waals surface area contributed by atoms with E-state index in [1.807, 2.05) is 24.3 Å². The minimum atomic E-state index is -0.0522. The first-order valence-electron chi connectivity index (χ1n) is 9.95. The van der Waals surface area contributed by atoms with E-state index in [0.29, 0.717) is 23.9 Å². The van der Waals surface area contributed by atoms with Gasteiger partial charge in [0.1, 0.15) is 5.82 Å². The second-order valence-electron chi connectivity index (χ2n) is 7.29. The fourth-order valence-electron chi connectivity index (χ4n) is 3.98. The number of amides is 1. The van der Waals surface area contributed by atoms with Crippen molar-refractivity contribution in [3.63, 3.8) is 0 Å². The highest BCUT2D eigenvalue weighted by Gasteiger charge is 2.21. The summed E-state index contributed by atoms with van der Waals surface area (Å²) in [6, 6.07) is 18.3. The molecule has 1 amide bonds. The van der Waals surface area contributed by atoms with Crippen molar-refractivity contribution in [2.75, 3.05) is 26.2 Å².